The molecule has 2 saturated heterocycles. The van der Waals surface area contributed by atoms with Crippen molar-refractivity contribution in [1.29, 1.82) is 0 Å². The number of ether oxygens (including phenoxy) is 2. The number of rotatable bonds is 4. The summed E-state index contributed by atoms with van der Waals surface area (Å²) in [5.41, 5.74) is 0.550. The third-order valence-corrected chi connectivity index (χ3v) is 4.85. The van der Waals surface area contributed by atoms with E-state index in [1.807, 2.05) is 0 Å². The van der Waals surface area contributed by atoms with Gasteiger partial charge in [-0.05, 0) is 18.2 Å². The number of nitrogens with zero attached hydrogens (tertiary/aromatic N) is 1. The lowest BCUT2D eigenvalue weighted by Gasteiger charge is -2.37. The van der Waals surface area contributed by atoms with Crippen molar-refractivity contribution in [2.24, 2.45) is 0 Å². The third kappa shape index (κ3) is 4.37. The van der Waals surface area contributed by atoms with E-state index in [1.165, 1.54) is 0 Å². The molecule has 2 heterocycles. The normalized spacial score (nSPS) is 20.8. The number of nitrogens with one attached hydrogen (secondary N) is 1. The summed E-state index contributed by atoms with van der Waals surface area (Å²) in [6.07, 6.45) is 2.13. The fourth-order valence-electron chi connectivity index (χ4n) is 2.97. The summed E-state index contributed by atoms with van der Waals surface area (Å²) in [4.78, 5) is 14.3. The van der Waals surface area contributed by atoms with Gasteiger partial charge < -0.3 is 19.7 Å². The maximum absolute atomic E-state index is 12.1. The van der Waals surface area contributed by atoms with Gasteiger partial charge in [-0.2, -0.15) is 0 Å². The molecule has 0 atom stereocenters. The largest absolute Gasteiger partial charge is 0.347 e. The molecule has 1 N–H and O–H groups in total. The lowest BCUT2D eigenvalue weighted by molar-refractivity contribution is -0.185. The Kier molecular flexibility index (Phi) is 5.44. The second-order valence-electron chi connectivity index (χ2n) is 5.87. The fraction of sp³-hybridized carbons (Fsp3) is 0.562. The topological polar surface area (TPSA) is 50.8 Å². The molecule has 2 aliphatic heterocycles. The molecule has 2 aliphatic rings. The first kappa shape index (κ1) is 17.0. The number of amides is 1. The summed E-state index contributed by atoms with van der Waals surface area (Å²) < 4.78 is 11.4. The summed E-state index contributed by atoms with van der Waals surface area (Å²) in [7, 11) is 0. The standard InChI is InChI=1S/C16H20Cl2N2O3/c17-12-1-2-13(18)14(11-12)19-15(21)3-6-20-7-4-16(5-8-20)22-9-10-23-16/h1-2,11H,3-10H2,(H,19,21). The van der Waals surface area contributed by atoms with Gasteiger partial charge in [0.05, 0.1) is 23.9 Å². The Bertz CT molecular complexity index is 566. The fourth-order valence-corrected chi connectivity index (χ4v) is 3.31. The molecule has 0 bridgehead atoms. The van der Waals surface area contributed by atoms with Crippen LogP contribution in [0.15, 0.2) is 18.2 Å². The smallest absolute Gasteiger partial charge is 0.225 e. The van der Waals surface area contributed by atoms with E-state index >= 15 is 0 Å². The van der Waals surface area contributed by atoms with Gasteiger partial charge in [0.2, 0.25) is 5.91 Å². The van der Waals surface area contributed by atoms with Gasteiger partial charge in [0.25, 0.3) is 0 Å². The maximum Gasteiger partial charge on any atom is 0.225 e. The molecule has 5 nitrogen and oxygen atoms in total. The van der Waals surface area contributed by atoms with Crippen LogP contribution in [0, 0.1) is 0 Å². The van der Waals surface area contributed by atoms with E-state index in [-0.39, 0.29) is 11.7 Å². The van der Waals surface area contributed by atoms with Crippen molar-refractivity contribution in [3.05, 3.63) is 28.2 Å². The van der Waals surface area contributed by atoms with Crippen molar-refractivity contribution in [1.82, 2.24) is 4.90 Å². The average Bonchev–Trinajstić information content (AvgIpc) is 2.99. The molecule has 0 aromatic heterocycles. The van der Waals surface area contributed by atoms with E-state index in [0.717, 1.165) is 25.9 Å². The minimum Gasteiger partial charge on any atom is -0.347 e. The lowest BCUT2D eigenvalue weighted by atomic mass is 10.0. The molecule has 0 radical (unpaired) electrons. The van der Waals surface area contributed by atoms with Gasteiger partial charge in [-0.15, -0.1) is 0 Å². The summed E-state index contributed by atoms with van der Waals surface area (Å²) in [5, 5.41) is 3.84. The van der Waals surface area contributed by atoms with Crippen molar-refractivity contribution in [3.8, 4) is 0 Å². The average molecular weight is 359 g/mol. The van der Waals surface area contributed by atoms with E-state index in [9.17, 15) is 4.79 Å². The lowest BCUT2D eigenvalue weighted by Crippen LogP contribution is -2.45. The van der Waals surface area contributed by atoms with E-state index in [2.05, 4.69) is 10.2 Å². The van der Waals surface area contributed by atoms with Gasteiger partial charge in [0.1, 0.15) is 0 Å². The van der Waals surface area contributed by atoms with Gasteiger partial charge in [-0.25, -0.2) is 0 Å². The molecule has 126 valence electrons. The van der Waals surface area contributed by atoms with Crippen LogP contribution in [0.4, 0.5) is 5.69 Å². The van der Waals surface area contributed by atoms with Gasteiger partial charge in [0.15, 0.2) is 5.79 Å². The van der Waals surface area contributed by atoms with Gasteiger partial charge in [-0.3, -0.25) is 4.79 Å². The maximum atomic E-state index is 12.1. The molecular formula is C16H20Cl2N2O3. The van der Waals surface area contributed by atoms with Crippen LogP contribution in [0.2, 0.25) is 10.0 Å². The van der Waals surface area contributed by atoms with Crippen LogP contribution in [0.1, 0.15) is 19.3 Å². The first-order valence-corrected chi connectivity index (χ1v) is 8.57. The van der Waals surface area contributed by atoms with E-state index in [0.29, 0.717) is 41.9 Å². The Labute approximate surface area is 145 Å². The Balaban J connectivity index is 1.44. The third-order valence-electron chi connectivity index (χ3n) is 4.29. The van der Waals surface area contributed by atoms with Crippen LogP contribution in [-0.2, 0) is 14.3 Å². The number of hydrogen-bond donors (Lipinski definition) is 1. The quantitative estimate of drug-likeness (QED) is 0.897. The zero-order valence-electron chi connectivity index (χ0n) is 12.8. The second-order valence-corrected chi connectivity index (χ2v) is 6.72. The number of anilines is 1. The Morgan fingerprint density at radius 2 is 1.91 bits per heavy atom. The number of likely N-dealkylation sites (tertiary alicyclic amines) is 1. The Morgan fingerprint density at radius 3 is 2.61 bits per heavy atom. The van der Waals surface area contributed by atoms with Crippen molar-refractivity contribution in [2.45, 2.75) is 25.0 Å². The van der Waals surface area contributed by atoms with Crippen LogP contribution in [-0.4, -0.2) is 49.4 Å². The highest BCUT2D eigenvalue weighted by molar-refractivity contribution is 6.35. The number of piperidine rings is 1. The first-order chi connectivity index (χ1) is 11.1. The van der Waals surface area contributed by atoms with Crippen molar-refractivity contribution < 1.29 is 14.3 Å². The molecule has 1 aromatic carbocycles. The summed E-state index contributed by atoms with van der Waals surface area (Å²) in [5.74, 6) is -0.435. The summed E-state index contributed by atoms with van der Waals surface area (Å²) >= 11 is 12.0. The molecule has 3 rings (SSSR count). The minimum absolute atomic E-state index is 0.0668. The molecule has 0 saturated carbocycles. The molecule has 1 spiro atoms. The Hall–Kier alpha value is -0.850. The van der Waals surface area contributed by atoms with Crippen LogP contribution >= 0.6 is 23.2 Å². The van der Waals surface area contributed by atoms with Crippen LogP contribution in [0.25, 0.3) is 0 Å². The minimum atomic E-state index is -0.368. The molecular weight excluding hydrogens is 339 g/mol. The van der Waals surface area contributed by atoms with Crippen LogP contribution < -0.4 is 5.32 Å². The van der Waals surface area contributed by atoms with Gasteiger partial charge >= 0.3 is 0 Å². The molecule has 2 fully saturated rings. The van der Waals surface area contributed by atoms with Crippen molar-refractivity contribution in [3.63, 3.8) is 0 Å². The second kappa shape index (κ2) is 7.36. The highest BCUT2D eigenvalue weighted by Crippen LogP contribution is 2.31. The molecule has 1 amide bonds. The van der Waals surface area contributed by atoms with Crippen LogP contribution in [0.3, 0.4) is 0 Å². The number of benzene rings is 1. The predicted molar refractivity (Wildman–Crippen MR) is 90.0 cm³/mol. The molecule has 7 heteroatoms. The summed E-state index contributed by atoms with van der Waals surface area (Å²) in [6, 6.07) is 5.02. The van der Waals surface area contributed by atoms with Gasteiger partial charge in [0, 0.05) is 43.9 Å². The zero-order chi connectivity index (χ0) is 16.3. The summed E-state index contributed by atoms with van der Waals surface area (Å²) in [6.45, 7) is 3.84. The monoisotopic (exact) mass is 358 g/mol. The van der Waals surface area contributed by atoms with Crippen LogP contribution in [0.5, 0.6) is 0 Å². The van der Waals surface area contributed by atoms with Gasteiger partial charge in [-0.1, -0.05) is 23.2 Å². The number of carbonyl (C=O) groups excluding carboxylic acids is 1. The SMILES string of the molecule is O=C(CCN1CCC2(CC1)OCCO2)Nc1cc(Cl)ccc1Cl. The number of halogens is 2. The highest BCUT2D eigenvalue weighted by atomic mass is 35.5. The highest BCUT2D eigenvalue weighted by Gasteiger charge is 2.39. The molecule has 1 aromatic rings. The zero-order valence-corrected chi connectivity index (χ0v) is 14.3. The van der Waals surface area contributed by atoms with Crippen molar-refractivity contribution >= 4 is 34.8 Å². The Morgan fingerprint density at radius 1 is 1.22 bits per heavy atom. The number of carbonyl (C=O) groups is 1. The van der Waals surface area contributed by atoms with E-state index in [1.54, 1.807) is 18.2 Å². The van der Waals surface area contributed by atoms with E-state index in [4.69, 9.17) is 32.7 Å². The molecule has 23 heavy (non-hydrogen) atoms. The predicted octanol–water partition coefficient (Wildman–Crippen LogP) is 3.16. The van der Waals surface area contributed by atoms with Crippen molar-refractivity contribution in [2.75, 3.05) is 38.2 Å². The first-order valence-electron chi connectivity index (χ1n) is 7.82. The number of hydrogen-bond acceptors (Lipinski definition) is 4. The molecule has 0 unspecified atom stereocenters. The molecule has 0 aliphatic carbocycles. The van der Waals surface area contributed by atoms with E-state index < -0.39 is 0 Å².